The van der Waals surface area contributed by atoms with E-state index < -0.39 is 0 Å². The van der Waals surface area contributed by atoms with E-state index in [0.717, 1.165) is 0 Å². The van der Waals surface area contributed by atoms with E-state index in [9.17, 15) is 24.6 Å². The average molecular weight is 437 g/mol. The number of aromatic hydroxyl groups is 2. The molecule has 0 saturated carbocycles. The van der Waals surface area contributed by atoms with Crippen molar-refractivity contribution in [3.05, 3.63) is 59.7 Å². The fraction of sp³-hybridized carbons (Fsp3) is 0.400. The number of phenols is 2. The number of carbonyl (C=O) groups excluding carboxylic acids is 3. The molecule has 7 nitrogen and oxygen atoms in total. The van der Waals surface area contributed by atoms with Gasteiger partial charge in [-0.2, -0.15) is 0 Å². The Balaban J connectivity index is 1.41. The number of Topliss-reactive ketones (excluding diaryl/α,β-unsaturated/α-hetero) is 3. The lowest BCUT2D eigenvalue weighted by Gasteiger charge is -2.34. The van der Waals surface area contributed by atoms with Crippen LogP contribution in [0.2, 0.25) is 0 Å². The molecule has 0 spiro atoms. The second-order valence-electron chi connectivity index (χ2n) is 8.81. The third kappa shape index (κ3) is 4.89. The van der Waals surface area contributed by atoms with Gasteiger partial charge in [0.2, 0.25) is 0 Å². The van der Waals surface area contributed by atoms with Gasteiger partial charge in [0.1, 0.15) is 17.3 Å². The molecule has 2 aromatic rings. The minimum atomic E-state index is -0.333. The first kappa shape index (κ1) is 22.2. The minimum Gasteiger partial charge on any atom is -0.508 e. The summed E-state index contributed by atoms with van der Waals surface area (Å²) < 4.78 is 0. The van der Waals surface area contributed by atoms with Crippen LogP contribution in [0.4, 0.5) is 0 Å². The van der Waals surface area contributed by atoms with E-state index in [2.05, 4.69) is 10.6 Å². The molecule has 0 aliphatic carbocycles. The van der Waals surface area contributed by atoms with Crippen molar-refractivity contribution < 1.29 is 24.6 Å². The number of rotatable bonds is 6. The summed E-state index contributed by atoms with van der Waals surface area (Å²) in [7, 11) is 0. The molecule has 2 fully saturated rings. The van der Waals surface area contributed by atoms with Crippen molar-refractivity contribution in [3.8, 4) is 11.5 Å². The van der Waals surface area contributed by atoms with Crippen LogP contribution >= 0.6 is 0 Å². The van der Waals surface area contributed by atoms with Crippen LogP contribution < -0.4 is 10.6 Å². The molecule has 32 heavy (non-hydrogen) atoms. The Morgan fingerprint density at radius 2 is 1.06 bits per heavy atom. The summed E-state index contributed by atoms with van der Waals surface area (Å²) >= 11 is 0. The van der Waals surface area contributed by atoms with Crippen molar-refractivity contribution in [2.24, 2.45) is 23.7 Å². The maximum atomic E-state index is 13.3. The molecule has 7 heteroatoms. The average Bonchev–Trinajstić information content (AvgIpc) is 2.83. The van der Waals surface area contributed by atoms with Crippen LogP contribution in [0.15, 0.2) is 48.5 Å². The minimum absolute atomic E-state index is 0.0444. The first-order valence-electron chi connectivity index (χ1n) is 11.0. The second kappa shape index (κ2) is 9.63. The van der Waals surface area contributed by atoms with Gasteiger partial charge in [0.25, 0.3) is 0 Å². The number of nitrogens with one attached hydrogen (secondary N) is 2. The lowest BCUT2D eigenvalue weighted by Crippen LogP contribution is -2.48. The molecule has 2 aliphatic heterocycles. The van der Waals surface area contributed by atoms with Crippen LogP contribution in [-0.2, 0) is 4.79 Å². The fourth-order valence-corrected chi connectivity index (χ4v) is 4.84. The highest BCUT2D eigenvalue weighted by Gasteiger charge is 2.38. The highest BCUT2D eigenvalue weighted by molar-refractivity contribution is 6.00. The summed E-state index contributed by atoms with van der Waals surface area (Å²) in [5, 5.41) is 25.8. The van der Waals surface area contributed by atoms with Gasteiger partial charge in [-0.25, -0.2) is 0 Å². The second-order valence-corrected chi connectivity index (χ2v) is 8.81. The van der Waals surface area contributed by atoms with Gasteiger partial charge in [-0.1, -0.05) is 24.3 Å². The van der Waals surface area contributed by atoms with Crippen molar-refractivity contribution in [1.29, 1.82) is 0 Å². The summed E-state index contributed by atoms with van der Waals surface area (Å²) in [6, 6.07) is 12.6. The Morgan fingerprint density at radius 3 is 1.47 bits per heavy atom. The molecule has 168 valence electrons. The number of phenolic OH excluding ortho intramolecular Hbond substituents is 2. The number of piperidine rings is 2. The first-order chi connectivity index (χ1) is 15.4. The highest BCUT2D eigenvalue weighted by Crippen LogP contribution is 2.29. The number of hydrogen-bond donors (Lipinski definition) is 4. The monoisotopic (exact) mass is 436 g/mol. The molecule has 2 heterocycles. The fourth-order valence-electron chi connectivity index (χ4n) is 4.84. The molecule has 2 saturated heterocycles. The lowest BCUT2D eigenvalue weighted by molar-refractivity contribution is -0.128. The molecule has 0 radical (unpaired) electrons. The number of carbonyl (C=O) groups is 3. The zero-order chi connectivity index (χ0) is 22.7. The maximum absolute atomic E-state index is 13.3. The van der Waals surface area contributed by atoms with E-state index in [4.69, 9.17) is 0 Å². The molecule has 4 N–H and O–H groups in total. The Kier molecular flexibility index (Phi) is 6.67. The largest absolute Gasteiger partial charge is 0.508 e. The summed E-state index contributed by atoms with van der Waals surface area (Å²) in [6.07, 6.45) is 0.921. The topological polar surface area (TPSA) is 116 Å². The van der Waals surface area contributed by atoms with E-state index in [1.807, 2.05) is 0 Å². The van der Waals surface area contributed by atoms with Crippen molar-refractivity contribution in [2.75, 3.05) is 26.2 Å². The van der Waals surface area contributed by atoms with E-state index in [1.165, 1.54) is 24.3 Å². The Bertz CT molecular complexity index is 941. The van der Waals surface area contributed by atoms with Crippen molar-refractivity contribution >= 4 is 17.3 Å². The zero-order valence-corrected chi connectivity index (χ0v) is 17.8. The normalized spacial score (nSPS) is 25.8. The quantitative estimate of drug-likeness (QED) is 0.513. The zero-order valence-electron chi connectivity index (χ0n) is 17.8. The van der Waals surface area contributed by atoms with Gasteiger partial charge in [0.15, 0.2) is 11.6 Å². The van der Waals surface area contributed by atoms with Gasteiger partial charge in [0, 0.05) is 61.0 Å². The van der Waals surface area contributed by atoms with E-state index in [1.54, 1.807) is 24.3 Å². The molecule has 4 atom stereocenters. The molecule has 4 rings (SSSR count). The predicted octanol–water partition coefficient (Wildman–Crippen LogP) is 2.18. The van der Waals surface area contributed by atoms with Crippen LogP contribution in [0.25, 0.3) is 0 Å². The smallest absolute Gasteiger partial charge is 0.167 e. The third-order valence-corrected chi connectivity index (χ3v) is 6.51. The highest BCUT2D eigenvalue weighted by atomic mass is 16.3. The van der Waals surface area contributed by atoms with Crippen LogP contribution in [0.5, 0.6) is 11.5 Å². The molecule has 0 bridgehead atoms. The summed E-state index contributed by atoms with van der Waals surface area (Å²) in [5.74, 6) is -1.25. The SMILES string of the molecule is O=C(c1cccc(O)c1)C1CNCC(C(=O)C2CNCC(C(=O)c3cccc(O)c3)C2)C1. The molecule has 4 unspecified atom stereocenters. The first-order valence-corrected chi connectivity index (χ1v) is 11.0. The van der Waals surface area contributed by atoms with Crippen molar-refractivity contribution in [1.82, 2.24) is 10.6 Å². The van der Waals surface area contributed by atoms with Crippen LogP contribution in [0, 0.1) is 23.7 Å². The van der Waals surface area contributed by atoms with Gasteiger partial charge in [-0.3, -0.25) is 14.4 Å². The van der Waals surface area contributed by atoms with E-state index in [0.29, 0.717) is 50.1 Å². The molecular formula is C25H28N2O5. The van der Waals surface area contributed by atoms with Crippen molar-refractivity contribution in [2.45, 2.75) is 12.8 Å². The maximum Gasteiger partial charge on any atom is 0.167 e. The summed E-state index contributed by atoms with van der Waals surface area (Å²) in [4.78, 5) is 39.1. The summed E-state index contributed by atoms with van der Waals surface area (Å²) in [6.45, 7) is 2.04. The number of benzene rings is 2. The van der Waals surface area contributed by atoms with Gasteiger partial charge in [-0.05, 0) is 37.1 Å². The standard InChI is InChI=1S/C25H28N2O5/c28-21-5-1-3-15(9-21)23(30)17-7-19(13-26-11-17)25(32)20-8-18(12-27-14-20)24(31)16-4-2-6-22(29)10-16/h1-6,9-10,17-20,26-29H,7-8,11-14H2. The van der Waals surface area contributed by atoms with Crippen molar-refractivity contribution in [3.63, 3.8) is 0 Å². The van der Waals surface area contributed by atoms with Crippen LogP contribution in [-0.4, -0.2) is 53.7 Å². The van der Waals surface area contributed by atoms with E-state index in [-0.39, 0.29) is 52.5 Å². The van der Waals surface area contributed by atoms with Gasteiger partial charge >= 0.3 is 0 Å². The Hall–Kier alpha value is -3.03. The number of hydrogen-bond acceptors (Lipinski definition) is 7. The molecular weight excluding hydrogens is 408 g/mol. The molecule has 0 aromatic heterocycles. The number of ketones is 3. The molecule has 2 aliphatic rings. The van der Waals surface area contributed by atoms with Crippen LogP contribution in [0.1, 0.15) is 33.6 Å². The van der Waals surface area contributed by atoms with Gasteiger partial charge in [0.05, 0.1) is 0 Å². The molecule has 0 amide bonds. The van der Waals surface area contributed by atoms with E-state index >= 15 is 0 Å². The third-order valence-electron chi connectivity index (χ3n) is 6.51. The summed E-state index contributed by atoms with van der Waals surface area (Å²) in [5.41, 5.74) is 0.891. The lowest BCUT2D eigenvalue weighted by atomic mass is 9.76. The van der Waals surface area contributed by atoms with Gasteiger partial charge < -0.3 is 20.8 Å². The Morgan fingerprint density at radius 1 is 0.656 bits per heavy atom. The predicted molar refractivity (Wildman–Crippen MR) is 119 cm³/mol. The van der Waals surface area contributed by atoms with Crippen LogP contribution in [0.3, 0.4) is 0 Å². The Labute approximate surface area is 186 Å². The van der Waals surface area contributed by atoms with Gasteiger partial charge in [-0.15, -0.1) is 0 Å². The molecule has 2 aromatic carbocycles.